The van der Waals surface area contributed by atoms with Gasteiger partial charge in [0, 0.05) is 6.54 Å². The SMILES string of the molecule is O=C(O)c1cccc(CNS(=O)(=O)c2ccc(Oc3ccccc3)cc2)c1. The largest absolute Gasteiger partial charge is 0.478 e. The van der Waals surface area contributed by atoms with Crippen LogP contribution in [0.15, 0.2) is 83.8 Å². The Kier molecular flexibility index (Phi) is 5.54. The van der Waals surface area contributed by atoms with E-state index in [0.29, 0.717) is 17.1 Å². The van der Waals surface area contributed by atoms with Gasteiger partial charge in [-0.1, -0.05) is 30.3 Å². The van der Waals surface area contributed by atoms with Crippen molar-refractivity contribution in [3.05, 3.63) is 90.0 Å². The molecule has 0 radical (unpaired) electrons. The summed E-state index contributed by atoms with van der Waals surface area (Å²) in [4.78, 5) is 11.1. The molecule has 3 aromatic rings. The molecular weight excluding hydrogens is 366 g/mol. The maximum atomic E-state index is 12.4. The molecule has 0 amide bonds. The number of aromatic carboxylic acids is 1. The average Bonchev–Trinajstić information content (AvgIpc) is 2.68. The second-order valence-corrected chi connectivity index (χ2v) is 7.48. The van der Waals surface area contributed by atoms with Crippen molar-refractivity contribution < 1.29 is 23.1 Å². The predicted molar refractivity (Wildman–Crippen MR) is 100 cm³/mol. The van der Waals surface area contributed by atoms with E-state index in [1.807, 2.05) is 18.2 Å². The third kappa shape index (κ3) is 4.93. The Labute approximate surface area is 157 Å². The molecule has 27 heavy (non-hydrogen) atoms. The van der Waals surface area contributed by atoms with Crippen LogP contribution in [0.1, 0.15) is 15.9 Å². The van der Waals surface area contributed by atoms with Crippen molar-refractivity contribution in [2.45, 2.75) is 11.4 Å². The molecule has 0 atom stereocenters. The average molecular weight is 383 g/mol. The van der Waals surface area contributed by atoms with Crippen LogP contribution in [-0.4, -0.2) is 19.5 Å². The Hall–Kier alpha value is -3.16. The van der Waals surface area contributed by atoms with Crippen LogP contribution in [0.25, 0.3) is 0 Å². The fraction of sp³-hybridized carbons (Fsp3) is 0.0500. The zero-order valence-electron chi connectivity index (χ0n) is 14.2. The molecule has 0 saturated carbocycles. The van der Waals surface area contributed by atoms with Gasteiger partial charge in [0.2, 0.25) is 10.0 Å². The number of sulfonamides is 1. The van der Waals surface area contributed by atoms with Crippen LogP contribution in [0, 0.1) is 0 Å². The van der Waals surface area contributed by atoms with Gasteiger partial charge in [-0.05, 0) is 54.1 Å². The van der Waals surface area contributed by atoms with Crippen molar-refractivity contribution >= 4 is 16.0 Å². The minimum Gasteiger partial charge on any atom is -0.478 e. The van der Waals surface area contributed by atoms with Crippen LogP contribution in [-0.2, 0) is 16.6 Å². The maximum Gasteiger partial charge on any atom is 0.335 e. The van der Waals surface area contributed by atoms with Gasteiger partial charge < -0.3 is 9.84 Å². The summed E-state index contributed by atoms with van der Waals surface area (Å²) < 4.78 is 33.0. The molecular formula is C20H17NO5S. The number of rotatable bonds is 7. The standard InChI is InChI=1S/C20H17NO5S/c22-20(23)16-6-4-5-15(13-16)14-21-27(24,25)19-11-9-18(10-12-19)26-17-7-2-1-3-8-17/h1-13,21H,14H2,(H,22,23). The Balaban J connectivity index is 1.68. The number of nitrogens with one attached hydrogen (secondary N) is 1. The number of carboxylic acids is 1. The summed E-state index contributed by atoms with van der Waals surface area (Å²) in [6.07, 6.45) is 0. The summed E-state index contributed by atoms with van der Waals surface area (Å²) in [5.74, 6) is 0.118. The van der Waals surface area contributed by atoms with E-state index in [-0.39, 0.29) is 17.0 Å². The van der Waals surface area contributed by atoms with Gasteiger partial charge in [-0.15, -0.1) is 0 Å². The quantitative estimate of drug-likeness (QED) is 0.650. The number of carboxylic acid groups (broad SMARTS) is 1. The minimum absolute atomic E-state index is 0.00821. The van der Waals surface area contributed by atoms with Crippen LogP contribution < -0.4 is 9.46 Å². The van der Waals surface area contributed by atoms with Gasteiger partial charge in [0.25, 0.3) is 0 Å². The summed E-state index contributed by atoms with van der Waals surface area (Å²) >= 11 is 0. The molecule has 3 aromatic carbocycles. The molecule has 0 aliphatic heterocycles. The molecule has 0 aromatic heterocycles. The normalized spacial score (nSPS) is 11.1. The first kappa shape index (κ1) is 18.6. The van der Waals surface area contributed by atoms with E-state index in [1.165, 1.54) is 24.3 Å². The highest BCUT2D eigenvalue weighted by Gasteiger charge is 2.14. The van der Waals surface area contributed by atoms with E-state index in [2.05, 4.69) is 4.72 Å². The number of carbonyl (C=O) groups is 1. The lowest BCUT2D eigenvalue weighted by Crippen LogP contribution is -2.23. The molecule has 0 heterocycles. The van der Waals surface area contributed by atoms with E-state index >= 15 is 0 Å². The molecule has 0 saturated heterocycles. The van der Waals surface area contributed by atoms with Crippen molar-refractivity contribution in [1.82, 2.24) is 4.72 Å². The molecule has 6 nitrogen and oxygen atoms in total. The van der Waals surface area contributed by atoms with Crippen LogP contribution in [0.4, 0.5) is 0 Å². The van der Waals surface area contributed by atoms with Gasteiger partial charge in [0.05, 0.1) is 10.5 Å². The first-order chi connectivity index (χ1) is 12.9. The third-order valence-electron chi connectivity index (χ3n) is 3.75. The summed E-state index contributed by atoms with van der Waals surface area (Å²) in [7, 11) is -3.73. The smallest absolute Gasteiger partial charge is 0.335 e. The zero-order chi connectivity index (χ0) is 19.3. The second kappa shape index (κ2) is 8.03. The zero-order valence-corrected chi connectivity index (χ0v) is 15.0. The Bertz CT molecular complexity index is 1030. The summed E-state index contributed by atoms with van der Waals surface area (Å²) in [6, 6.07) is 21.3. The van der Waals surface area contributed by atoms with Crippen LogP contribution in [0.5, 0.6) is 11.5 Å². The lowest BCUT2D eigenvalue weighted by atomic mass is 10.1. The number of benzene rings is 3. The van der Waals surface area contributed by atoms with Crippen molar-refractivity contribution in [3.63, 3.8) is 0 Å². The Morgan fingerprint density at radius 1 is 0.889 bits per heavy atom. The summed E-state index contributed by atoms with van der Waals surface area (Å²) in [6.45, 7) is -0.00821. The van der Waals surface area contributed by atoms with E-state index < -0.39 is 16.0 Å². The van der Waals surface area contributed by atoms with Gasteiger partial charge >= 0.3 is 5.97 Å². The molecule has 0 unspecified atom stereocenters. The Morgan fingerprint density at radius 3 is 2.22 bits per heavy atom. The number of hydrogen-bond donors (Lipinski definition) is 2. The summed E-state index contributed by atoms with van der Waals surface area (Å²) in [5.41, 5.74) is 0.664. The highest BCUT2D eigenvalue weighted by Crippen LogP contribution is 2.22. The molecule has 0 bridgehead atoms. The van der Waals surface area contributed by atoms with E-state index in [1.54, 1.807) is 36.4 Å². The molecule has 3 rings (SSSR count). The van der Waals surface area contributed by atoms with Gasteiger partial charge in [0.1, 0.15) is 11.5 Å². The molecule has 0 spiro atoms. The van der Waals surface area contributed by atoms with E-state index in [0.717, 1.165) is 0 Å². The lowest BCUT2D eigenvalue weighted by molar-refractivity contribution is 0.0696. The van der Waals surface area contributed by atoms with Gasteiger partial charge in [-0.25, -0.2) is 17.9 Å². The fourth-order valence-electron chi connectivity index (χ4n) is 2.39. The van der Waals surface area contributed by atoms with Gasteiger partial charge in [-0.3, -0.25) is 0 Å². The minimum atomic E-state index is -3.73. The van der Waals surface area contributed by atoms with Crippen molar-refractivity contribution in [2.24, 2.45) is 0 Å². The maximum absolute atomic E-state index is 12.4. The van der Waals surface area contributed by atoms with Crippen LogP contribution >= 0.6 is 0 Å². The van der Waals surface area contributed by atoms with Crippen molar-refractivity contribution in [1.29, 1.82) is 0 Å². The molecule has 0 aliphatic carbocycles. The van der Waals surface area contributed by atoms with Crippen LogP contribution in [0.3, 0.4) is 0 Å². The third-order valence-corrected chi connectivity index (χ3v) is 5.17. The van der Waals surface area contributed by atoms with Crippen molar-refractivity contribution in [3.8, 4) is 11.5 Å². The lowest BCUT2D eigenvalue weighted by Gasteiger charge is -2.09. The number of hydrogen-bond acceptors (Lipinski definition) is 4. The highest BCUT2D eigenvalue weighted by molar-refractivity contribution is 7.89. The highest BCUT2D eigenvalue weighted by atomic mass is 32.2. The number of para-hydroxylation sites is 1. The van der Waals surface area contributed by atoms with Gasteiger partial charge in [-0.2, -0.15) is 0 Å². The van der Waals surface area contributed by atoms with Gasteiger partial charge in [0.15, 0.2) is 0 Å². The van der Waals surface area contributed by atoms with Crippen LogP contribution in [0.2, 0.25) is 0 Å². The van der Waals surface area contributed by atoms with E-state index in [4.69, 9.17) is 9.84 Å². The second-order valence-electron chi connectivity index (χ2n) is 5.72. The van der Waals surface area contributed by atoms with E-state index in [9.17, 15) is 13.2 Å². The Morgan fingerprint density at radius 2 is 1.56 bits per heavy atom. The first-order valence-corrected chi connectivity index (χ1v) is 9.57. The molecule has 0 aliphatic rings. The first-order valence-electron chi connectivity index (χ1n) is 8.09. The fourth-order valence-corrected chi connectivity index (χ4v) is 3.41. The van der Waals surface area contributed by atoms with Crippen molar-refractivity contribution in [2.75, 3.05) is 0 Å². The molecule has 7 heteroatoms. The number of ether oxygens (including phenoxy) is 1. The predicted octanol–water partition coefficient (Wildman–Crippen LogP) is 3.66. The monoisotopic (exact) mass is 383 g/mol. The molecule has 138 valence electrons. The topological polar surface area (TPSA) is 92.7 Å². The summed E-state index contributed by atoms with van der Waals surface area (Å²) in [5, 5.41) is 9.00. The molecule has 2 N–H and O–H groups in total. The molecule has 0 fully saturated rings.